The van der Waals surface area contributed by atoms with Gasteiger partial charge in [-0.15, -0.1) is 6.42 Å². The second-order valence-corrected chi connectivity index (χ2v) is 8.10. The number of hydrogen-bond acceptors (Lipinski definition) is 5. The van der Waals surface area contributed by atoms with Crippen molar-refractivity contribution in [2.45, 2.75) is 39.0 Å². The van der Waals surface area contributed by atoms with E-state index in [1.54, 1.807) is 4.68 Å². The molecule has 3 rings (SSSR count). The van der Waals surface area contributed by atoms with E-state index in [9.17, 15) is 5.11 Å². The van der Waals surface area contributed by atoms with Crippen LogP contribution in [0.5, 0.6) is 11.6 Å². The van der Waals surface area contributed by atoms with E-state index in [4.69, 9.17) is 21.0 Å². The first kappa shape index (κ1) is 24.5. The molecule has 0 unspecified atom stereocenters. The number of aryl methyl sites for hydroxylation is 1. The van der Waals surface area contributed by atoms with Gasteiger partial charge in [0, 0.05) is 31.7 Å². The fourth-order valence-corrected chi connectivity index (χ4v) is 3.69. The highest BCUT2D eigenvalue weighted by Gasteiger charge is 2.25. The van der Waals surface area contributed by atoms with Crippen LogP contribution in [0.1, 0.15) is 25.8 Å². The zero-order chi connectivity index (χ0) is 23.6. The van der Waals surface area contributed by atoms with Crippen molar-refractivity contribution in [3.8, 4) is 35.2 Å². The average Bonchev–Trinajstić information content (AvgIpc) is 3.14. The van der Waals surface area contributed by atoms with E-state index in [1.807, 2.05) is 67.7 Å². The molecule has 3 aromatic rings. The fourth-order valence-electron chi connectivity index (χ4n) is 3.69. The van der Waals surface area contributed by atoms with Crippen LogP contribution < -0.4 is 4.74 Å². The summed E-state index contributed by atoms with van der Waals surface area (Å²) in [4.78, 5) is 2.24. The van der Waals surface area contributed by atoms with Gasteiger partial charge in [-0.05, 0) is 25.5 Å². The first-order valence-electron chi connectivity index (χ1n) is 11.3. The molecule has 1 N–H and O–H groups in total. The van der Waals surface area contributed by atoms with Crippen LogP contribution in [0.25, 0.3) is 11.3 Å². The van der Waals surface area contributed by atoms with Gasteiger partial charge in [0.2, 0.25) is 5.88 Å². The van der Waals surface area contributed by atoms with Gasteiger partial charge in [0.25, 0.3) is 0 Å². The molecular formula is C27H33N3O3. The van der Waals surface area contributed by atoms with Crippen molar-refractivity contribution in [1.29, 1.82) is 0 Å². The van der Waals surface area contributed by atoms with Gasteiger partial charge < -0.3 is 14.6 Å². The van der Waals surface area contributed by atoms with E-state index in [-0.39, 0.29) is 19.3 Å². The molecule has 6 heteroatoms. The van der Waals surface area contributed by atoms with Crippen molar-refractivity contribution in [1.82, 2.24) is 14.7 Å². The zero-order valence-corrected chi connectivity index (χ0v) is 19.6. The molecule has 174 valence electrons. The number of aliphatic hydroxyl groups excluding tert-OH is 1. The van der Waals surface area contributed by atoms with Gasteiger partial charge in [0.15, 0.2) is 0 Å². The van der Waals surface area contributed by atoms with Crippen LogP contribution in [0.15, 0.2) is 60.7 Å². The third-order valence-corrected chi connectivity index (χ3v) is 5.61. The predicted octanol–water partition coefficient (Wildman–Crippen LogP) is 4.49. The van der Waals surface area contributed by atoms with Crippen LogP contribution in [0.3, 0.4) is 0 Å². The molecule has 0 aliphatic rings. The van der Waals surface area contributed by atoms with E-state index in [0.29, 0.717) is 19.0 Å². The summed E-state index contributed by atoms with van der Waals surface area (Å²) in [6.45, 7) is 5.71. The lowest BCUT2D eigenvalue weighted by Gasteiger charge is -2.30. The lowest BCUT2D eigenvalue weighted by molar-refractivity contribution is 0.0169. The van der Waals surface area contributed by atoms with Gasteiger partial charge in [0.1, 0.15) is 18.1 Å². The van der Waals surface area contributed by atoms with Crippen LogP contribution in [0.2, 0.25) is 0 Å². The Hall–Kier alpha value is -3.11. The van der Waals surface area contributed by atoms with Gasteiger partial charge in [-0.3, -0.25) is 4.90 Å². The quantitative estimate of drug-likeness (QED) is 0.327. The summed E-state index contributed by atoms with van der Waals surface area (Å²) < 4.78 is 13.4. The second kappa shape index (κ2) is 12.2. The van der Waals surface area contributed by atoms with Crippen molar-refractivity contribution in [2.75, 3.05) is 19.8 Å². The standard InChI is InChI=1S/C27H33N3O3/c1-5-17-32-20-23(31)18-30(21(3)6-2)19-25-26(22-13-9-7-10-14-22)28-29(4)27(25)33-24-15-11-8-12-16-24/h1,7-16,21,23,31H,6,17-20H2,2-4H3/t21-,23-/m0/s1. The zero-order valence-electron chi connectivity index (χ0n) is 19.6. The monoisotopic (exact) mass is 447 g/mol. The minimum Gasteiger partial charge on any atom is -0.439 e. The van der Waals surface area contributed by atoms with E-state index in [1.165, 1.54) is 0 Å². The van der Waals surface area contributed by atoms with Crippen molar-refractivity contribution in [2.24, 2.45) is 7.05 Å². The number of nitrogens with zero attached hydrogens (tertiary/aromatic N) is 3. The fraction of sp³-hybridized carbons (Fsp3) is 0.370. The van der Waals surface area contributed by atoms with Gasteiger partial charge in [-0.25, -0.2) is 4.68 Å². The summed E-state index contributed by atoms with van der Waals surface area (Å²) in [5, 5.41) is 15.4. The molecule has 33 heavy (non-hydrogen) atoms. The van der Waals surface area contributed by atoms with Gasteiger partial charge >= 0.3 is 0 Å². The maximum absolute atomic E-state index is 10.6. The van der Waals surface area contributed by atoms with Crippen molar-refractivity contribution >= 4 is 0 Å². The third kappa shape index (κ3) is 6.69. The maximum atomic E-state index is 10.6. The highest BCUT2D eigenvalue weighted by Crippen LogP contribution is 2.34. The largest absolute Gasteiger partial charge is 0.439 e. The van der Waals surface area contributed by atoms with Crippen LogP contribution >= 0.6 is 0 Å². The van der Waals surface area contributed by atoms with Crippen LogP contribution in [-0.4, -0.2) is 51.7 Å². The number of ether oxygens (including phenoxy) is 2. The summed E-state index contributed by atoms with van der Waals surface area (Å²) in [5.41, 5.74) is 2.87. The average molecular weight is 448 g/mol. The summed E-state index contributed by atoms with van der Waals surface area (Å²) in [5.74, 6) is 3.87. The Balaban J connectivity index is 1.95. The molecule has 2 atom stereocenters. The number of benzene rings is 2. The van der Waals surface area contributed by atoms with Crippen LogP contribution in [-0.2, 0) is 18.3 Å². The molecule has 0 spiro atoms. The number of rotatable bonds is 12. The number of hydrogen-bond donors (Lipinski definition) is 1. The summed E-state index contributed by atoms with van der Waals surface area (Å²) in [6.07, 6.45) is 5.54. The third-order valence-electron chi connectivity index (χ3n) is 5.61. The topological polar surface area (TPSA) is 59.8 Å². The van der Waals surface area contributed by atoms with E-state index in [2.05, 4.69) is 24.7 Å². The van der Waals surface area contributed by atoms with E-state index < -0.39 is 6.10 Å². The first-order valence-corrected chi connectivity index (χ1v) is 11.3. The lowest BCUT2D eigenvalue weighted by Crippen LogP contribution is -2.40. The van der Waals surface area contributed by atoms with E-state index in [0.717, 1.165) is 29.0 Å². The highest BCUT2D eigenvalue weighted by atomic mass is 16.5. The highest BCUT2D eigenvalue weighted by molar-refractivity contribution is 5.65. The molecule has 6 nitrogen and oxygen atoms in total. The molecule has 0 bridgehead atoms. The Kier molecular flexibility index (Phi) is 9.08. The van der Waals surface area contributed by atoms with Crippen LogP contribution in [0, 0.1) is 12.3 Å². The Bertz CT molecular complexity index is 1030. The lowest BCUT2D eigenvalue weighted by atomic mass is 10.1. The molecule has 0 saturated carbocycles. The molecule has 2 aromatic carbocycles. The molecule has 0 radical (unpaired) electrons. The Labute approximate surface area is 196 Å². The predicted molar refractivity (Wildman–Crippen MR) is 131 cm³/mol. The molecule has 0 fully saturated rings. The van der Waals surface area contributed by atoms with Crippen LogP contribution in [0.4, 0.5) is 0 Å². The maximum Gasteiger partial charge on any atom is 0.222 e. The Morgan fingerprint density at radius 3 is 2.42 bits per heavy atom. The summed E-state index contributed by atoms with van der Waals surface area (Å²) in [7, 11) is 1.89. The first-order chi connectivity index (χ1) is 16.0. The smallest absolute Gasteiger partial charge is 0.222 e. The van der Waals surface area contributed by atoms with Gasteiger partial charge in [-0.1, -0.05) is 61.4 Å². The second-order valence-electron chi connectivity index (χ2n) is 8.10. The Morgan fingerprint density at radius 1 is 1.12 bits per heavy atom. The minimum absolute atomic E-state index is 0.191. The molecular weight excluding hydrogens is 414 g/mol. The molecule has 0 aliphatic carbocycles. The van der Waals surface area contributed by atoms with Crippen molar-refractivity contribution in [3.63, 3.8) is 0 Å². The number of terminal acetylenes is 1. The SMILES string of the molecule is C#CCOC[C@@H](O)CN(Cc1c(-c2ccccc2)nn(C)c1Oc1ccccc1)[C@@H](C)CC. The number of para-hydroxylation sites is 1. The van der Waals surface area contributed by atoms with Gasteiger partial charge in [-0.2, -0.15) is 5.10 Å². The summed E-state index contributed by atoms with van der Waals surface area (Å²) >= 11 is 0. The molecule has 1 aromatic heterocycles. The van der Waals surface area contributed by atoms with Gasteiger partial charge in [0.05, 0.1) is 18.3 Å². The summed E-state index contributed by atoms with van der Waals surface area (Å²) in [6, 6.07) is 20.0. The van der Waals surface area contributed by atoms with E-state index >= 15 is 0 Å². The van der Waals surface area contributed by atoms with Crippen molar-refractivity contribution in [3.05, 3.63) is 66.2 Å². The van der Waals surface area contributed by atoms with Crippen molar-refractivity contribution < 1.29 is 14.6 Å². The number of aliphatic hydroxyl groups is 1. The molecule has 0 aliphatic heterocycles. The molecule has 1 heterocycles. The molecule has 0 saturated heterocycles. The number of aromatic nitrogens is 2. The molecule has 0 amide bonds. The normalized spacial score (nSPS) is 13.0. The Morgan fingerprint density at radius 2 is 1.79 bits per heavy atom. The minimum atomic E-state index is -0.650.